The van der Waals surface area contributed by atoms with Gasteiger partial charge >= 0.3 is 0 Å². The second-order valence-electron chi connectivity index (χ2n) is 2.79. The first-order valence-corrected chi connectivity index (χ1v) is 3.75. The highest BCUT2D eigenvalue weighted by molar-refractivity contribution is 5.85. The van der Waals surface area contributed by atoms with Crippen molar-refractivity contribution in [2.75, 3.05) is 13.2 Å². The molecule has 2 heteroatoms. The molecule has 0 aromatic rings. The molecule has 0 bridgehead atoms. The molecule has 0 saturated carbocycles. The van der Waals surface area contributed by atoms with E-state index in [9.17, 15) is 0 Å². The monoisotopic (exact) mass is 124 g/mol. The van der Waals surface area contributed by atoms with E-state index in [1.165, 1.54) is 38.1 Å². The summed E-state index contributed by atoms with van der Waals surface area (Å²) in [5, 5.41) is 0. The van der Waals surface area contributed by atoms with Gasteiger partial charge in [0, 0.05) is 13.0 Å². The molecule has 50 valence electrons. The summed E-state index contributed by atoms with van der Waals surface area (Å²) in [7, 11) is 0. The van der Waals surface area contributed by atoms with Crippen molar-refractivity contribution >= 4 is 5.84 Å². The van der Waals surface area contributed by atoms with Gasteiger partial charge in [-0.15, -0.1) is 0 Å². The summed E-state index contributed by atoms with van der Waals surface area (Å²) in [6, 6.07) is 0. The van der Waals surface area contributed by atoms with E-state index in [1.807, 2.05) is 0 Å². The molecule has 0 radical (unpaired) electrons. The van der Waals surface area contributed by atoms with E-state index in [-0.39, 0.29) is 0 Å². The van der Waals surface area contributed by atoms with Crippen LogP contribution in [0.4, 0.5) is 0 Å². The predicted octanol–water partition coefficient (Wildman–Crippen LogP) is 1.23. The molecule has 2 nitrogen and oxygen atoms in total. The summed E-state index contributed by atoms with van der Waals surface area (Å²) in [6.45, 7) is 2.24. The van der Waals surface area contributed by atoms with Gasteiger partial charge < -0.3 is 4.90 Å². The first kappa shape index (κ1) is 5.27. The molecule has 2 heterocycles. The van der Waals surface area contributed by atoms with Crippen molar-refractivity contribution in [3.8, 4) is 0 Å². The maximum absolute atomic E-state index is 4.29. The van der Waals surface area contributed by atoms with E-state index in [0.717, 1.165) is 6.67 Å². The second-order valence-corrected chi connectivity index (χ2v) is 2.79. The van der Waals surface area contributed by atoms with Crippen molar-refractivity contribution in [1.29, 1.82) is 0 Å². The van der Waals surface area contributed by atoms with Crippen molar-refractivity contribution in [2.45, 2.75) is 25.7 Å². The number of aliphatic imine (C=N–C) groups is 1. The standard InChI is InChI=1S/C7H12N2/c1-2-4-7-8-6-9(7)5-3-1/h1-6H2. The van der Waals surface area contributed by atoms with E-state index >= 15 is 0 Å². The molecule has 1 saturated heterocycles. The fourth-order valence-corrected chi connectivity index (χ4v) is 1.47. The Labute approximate surface area is 55.6 Å². The Balaban J connectivity index is 2.03. The van der Waals surface area contributed by atoms with Crippen LogP contribution in [-0.2, 0) is 0 Å². The molecule has 0 atom stereocenters. The largest absolute Gasteiger partial charge is 0.341 e. The van der Waals surface area contributed by atoms with Crippen LogP contribution in [0.3, 0.4) is 0 Å². The first-order chi connectivity index (χ1) is 4.47. The minimum atomic E-state index is 0.981. The van der Waals surface area contributed by atoms with Gasteiger partial charge in [0.1, 0.15) is 12.5 Å². The Hall–Kier alpha value is -0.530. The van der Waals surface area contributed by atoms with Crippen LogP contribution in [-0.4, -0.2) is 23.9 Å². The highest BCUT2D eigenvalue weighted by Crippen LogP contribution is 2.17. The molecule has 2 aliphatic rings. The molecule has 0 aliphatic carbocycles. The SMILES string of the molecule is C1CCC2=NCN2CC1. The molecule has 0 aromatic carbocycles. The molecule has 9 heavy (non-hydrogen) atoms. The smallest absolute Gasteiger partial charge is 0.113 e. The molecular formula is C7H12N2. The minimum absolute atomic E-state index is 0.981. The highest BCUT2D eigenvalue weighted by atomic mass is 15.3. The molecule has 0 unspecified atom stereocenters. The van der Waals surface area contributed by atoms with Gasteiger partial charge in [0.2, 0.25) is 0 Å². The molecule has 0 N–H and O–H groups in total. The number of fused-ring (bicyclic) bond motifs is 1. The van der Waals surface area contributed by atoms with Crippen LogP contribution in [0.15, 0.2) is 4.99 Å². The summed E-state index contributed by atoms with van der Waals surface area (Å²) >= 11 is 0. The van der Waals surface area contributed by atoms with E-state index < -0.39 is 0 Å². The fraction of sp³-hybridized carbons (Fsp3) is 0.857. The Morgan fingerprint density at radius 2 is 2.22 bits per heavy atom. The van der Waals surface area contributed by atoms with E-state index in [1.54, 1.807) is 0 Å². The topological polar surface area (TPSA) is 15.6 Å². The third kappa shape index (κ3) is 0.824. The lowest BCUT2D eigenvalue weighted by molar-refractivity contribution is 0.380. The average Bonchev–Trinajstić information content (AvgIpc) is 1.94. The maximum atomic E-state index is 4.29. The Morgan fingerprint density at radius 3 is 3.00 bits per heavy atom. The second kappa shape index (κ2) is 2.01. The lowest BCUT2D eigenvalue weighted by Gasteiger charge is -2.29. The Bertz CT molecular complexity index is 140. The van der Waals surface area contributed by atoms with Gasteiger partial charge in [-0.1, -0.05) is 6.42 Å². The molecule has 2 aliphatic heterocycles. The van der Waals surface area contributed by atoms with E-state index in [0.29, 0.717) is 0 Å². The van der Waals surface area contributed by atoms with Gasteiger partial charge in [-0.05, 0) is 12.8 Å². The summed E-state index contributed by atoms with van der Waals surface area (Å²) in [4.78, 5) is 6.69. The summed E-state index contributed by atoms with van der Waals surface area (Å²) in [5.41, 5.74) is 0. The third-order valence-electron chi connectivity index (χ3n) is 2.12. The van der Waals surface area contributed by atoms with Crippen LogP contribution in [0, 0.1) is 0 Å². The van der Waals surface area contributed by atoms with Crippen LogP contribution in [0.1, 0.15) is 25.7 Å². The van der Waals surface area contributed by atoms with Crippen molar-refractivity contribution in [3.05, 3.63) is 0 Å². The number of nitrogens with zero attached hydrogens (tertiary/aromatic N) is 2. The normalized spacial score (nSPS) is 25.8. The number of hydrogen-bond donors (Lipinski definition) is 0. The van der Waals surface area contributed by atoms with Crippen LogP contribution in [0.2, 0.25) is 0 Å². The third-order valence-corrected chi connectivity index (χ3v) is 2.12. The molecular weight excluding hydrogens is 112 g/mol. The van der Waals surface area contributed by atoms with Crippen molar-refractivity contribution in [1.82, 2.24) is 4.90 Å². The average molecular weight is 124 g/mol. The van der Waals surface area contributed by atoms with Crippen LogP contribution >= 0.6 is 0 Å². The van der Waals surface area contributed by atoms with Crippen LogP contribution < -0.4 is 0 Å². The summed E-state index contributed by atoms with van der Waals surface area (Å²) in [5.74, 6) is 1.37. The lowest BCUT2D eigenvalue weighted by atomic mass is 10.2. The highest BCUT2D eigenvalue weighted by Gasteiger charge is 2.19. The van der Waals surface area contributed by atoms with Gasteiger partial charge in [-0.3, -0.25) is 4.99 Å². The summed E-state index contributed by atoms with van der Waals surface area (Å²) in [6.07, 6.45) is 5.36. The number of amidine groups is 1. The molecule has 2 rings (SSSR count). The van der Waals surface area contributed by atoms with Crippen molar-refractivity contribution in [3.63, 3.8) is 0 Å². The zero-order valence-corrected chi connectivity index (χ0v) is 5.64. The summed E-state index contributed by atoms with van der Waals surface area (Å²) < 4.78 is 0. The first-order valence-electron chi connectivity index (χ1n) is 3.75. The van der Waals surface area contributed by atoms with Gasteiger partial charge in [0.05, 0.1) is 0 Å². The van der Waals surface area contributed by atoms with Crippen molar-refractivity contribution in [2.24, 2.45) is 4.99 Å². The Kier molecular flexibility index (Phi) is 1.18. The van der Waals surface area contributed by atoms with Gasteiger partial charge in [0.25, 0.3) is 0 Å². The van der Waals surface area contributed by atoms with E-state index in [2.05, 4.69) is 9.89 Å². The minimum Gasteiger partial charge on any atom is -0.341 e. The van der Waals surface area contributed by atoms with Gasteiger partial charge in [-0.25, -0.2) is 0 Å². The van der Waals surface area contributed by atoms with E-state index in [4.69, 9.17) is 0 Å². The maximum Gasteiger partial charge on any atom is 0.113 e. The lowest BCUT2D eigenvalue weighted by Crippen LogP contribution is -2.39. The molecule has 0 spiro atoms. The van der Waals surface area contributed by atoms with Crippen LogP contribution in [0.5, 0.6) is 0 Å². The fourth-order valence-electron chi connectivity index (χ4n) is 1.47. The van der Waals surface area contributed by atoms with Crippen LogP contribution in [0.25, 0.3) is 0 Å². The quantitative estimate of drug-likeness (QED) is 0.474. The molecule has 1 fully saturated rings. The zero-order valence-electron chi connectivity index (χ0n) is 5.64. The van der Waals surface area contributed by atoms with Gasteiger partial charge in [-0.2, -0.15) is 0 Å². The van der Waals surface area contributed by atoms with Crippen molar-refractivity contribution < 1.29 is 0 Å². The molecule has 0 amide bonds. The Morgan fingerprint density at radius 1 is 1.22 bits per heavy atom. The number of hydrogen-bond acceptors (Lipinski definition) is 2. The zero-order chi connectivity index (χ0) is 6.10. The number of rotatable bonds is 0. The molecule has 0 aromatic heterocycles. The van der Waals surface area contributed by atoms with Gasteiger partial charge in [0.15, 0.2) is 0 Å². The predicted molar refractivity (Wildman–Crippen MR) is 37.5 cm³/mol.